The van der Waals surface area contributed by atoms with Gasteiger partial charge in [0.15, 0.2) is 0 Å². The van der Waals surface area contributed by atoms with Crippen LogP contribution < -0.4 is 4.90 Å². The number of allylic oxidation sites excluding steroid dienone is 2. The molecule has 2 aliphatic rings. The molecule has 0 saturated heterocycles. The average Bonchev–Trinajstić information content (AvgIpc) is 3.41. The SMILES string of the molecule is CN1C=CN(c2[c-]c(Sc3[c-]c4c(cc3)c3ccccc3n4C3=CC=CC[N-]3)ccc2)[CH-]1.[Pt+4]. The van der Waals surface area contributed by atoms with Crippen molar-refractivity contribution in [1.29, 1.82) is 0 Å². The minimum absolute atomic E-state index is 0. The van der Waals surface area contributed by atoms with Crippen molar-refractivity contribution in [2.45, 2.75) is 9.79 Å². The van der Waals surface area contributed by atoms with E-state index < -0.39 is 0 Å². The van der Waals surface area contributed by atoms with Crippen molar-refractivity contribution >= 4 is 45.1 Å². The zero-order valence-electron chi connectivity index (χ0n) is 17.9. The maximum absolute atomic E-state index is 4.73. The van der Waals surface area contributed by atoms with Crippen molar-refractivity contribution in [3.05, 3.63) is 109 Å². The molecule has 0 spiro atoms. The second kappa shape index (κ2) is 9.17. The number of rotatable bonds is 4. The molecule has 3 aromatic carbocycles. The molecule has 33 heavy (non-hydrogen) atoms. The average molecular weight is 628 g/mol. The molecule has 0 unspecified atom stereocenters. The zero-order valence-corrected chi connectivity index (χ0v) is 21.0. The first-order valence-electron chi connectivity index (χ1n) is 10.5. The maximum Gasteiger partial charge on any atom is 4.00 e. The monoisotopic (exact) mass is 627 g/mol. The van der Waals surface area contributed by atoms with E-state index in [-0.39, 0.29) is 21.1 Å². The molecule has 3 heterocycles. The Balaban J connectivity index is 0.00000228. The Bertz CT molecular complexity index is 1420. The minimum Gasteiger partial charge on any atom is -0.510 e. The van der Waals surface area contributed by atoms with Gasteiger partial charge in [-0.3, -0.25) is 0 Å². The van der Waals surface area contributed by atoms with Gasteiger partial charge in [-0.05, 0) is 31.5 Å². The molecule has 4 nitrogen and oxygen atoms in total. The molecule has 6 rings (SSSR count). The molecular formula is C27H20N4PtS. The first-order chi connectivity index (χ1) is 15.8. The molecule has 0 amide bonds. The molecule has 0 fully saturated rings. The number of nitrogens with zero attached hydrogens (tertiary/aromatic N) is 4. The third kappa shape index (κ3) is 4.12. The van der Waals surface area contributed by atoms with Gasteiger partial charge in [0.1, 0.15) is 0 Å². The van der Waals surface area contributed by atoms with Crippen molar-refractivity contribution in [3.63, 3.8) is 0 Å². The summed E-state index contributed by atoms with van der Waals surface area (Å²) in [6.07, 6.45) is 10.3. The van der Waals surface area contributed by atoms with Gasteiger partial charge >= 0.3 is 21.1 Å². The summed E-state index contributed by atoms with van der Waals surface area (Å²) in [7, 11) is 2.02. The standard InChI is InChI=1S/C27H20N4S.Pt/c1-29-15-16-30(19-29)20-7-6-8-21(17-20)32-22-12-13-24-23-9-2-3-10-25(23)31(26(24)18-22)27-11-4-5-14-28-27;/h2-13,15-16,19H,14H2,1H3;/q-4;+4. The van der Waals surface area contributed by atoms with Gasteiger partial charge in [0, 0.05) is 0 Å². The summed E-state index contributed by atoms with van der Waals surface area (Å²) in [4.78, 5) is 6.20. The molecule has 0 bridgehead atoms. The van der Waals surface area contributed by atoms with Crippen molar-refractivity contribution in [2.24, 2.45) is 0 Å². The predicted octanol–water partition coefficient (Wildman–Crippen LogP) is 6.63. The molecule has 1 aromatic heterocycles. The van der Waals surface area contributed by atoms with Gasteiger partial charge < -0.3 is 19.7 Å². The fourth-order valence-corrected chi connectivity index (χ4v) is 4.91. The van der Waals surface area contributed by atoms with Crippen molar-refractivity contribution in [2.75, 3.05) is 18.5 Å². The fourth-order valence-electron chi connectivity index (χ4n) is 4.09. The van der Waals surface area contributed by atoms with Crippen LogP contribution in [0.3, 0.4) is 0 Å². The number of aromatic nitrogens is 1. The number of hydrogen-bond acceptors (Lipinski definition) is 3. The van der Waals surface area contributed by atoms with Crippen LogP contribution in [0.1, 0.15) is 0 Å². The first kappa shape index (κ1) is 21.9. The summed E-state index contributed by atoms with van der Waals surface area (Å²) < 4.78 is 2.22. The Hall–Kier alpha value is -2.88. The third-order valence-corrected chi connectivity index (χ3v) is 6.46. The van der Waals surface area contributed by atoms with Crippen molar-refractivity contribution in [3.8, 4) is 0 Å². The summed E-state index contributed by atoms with van der Waals surface area (Å²) in [6, 6.07) is 26.2. The van der Waals surface area contributed by atoms with Gasteiger partial charge in [0.05, 0.1) is 0 Å². The van der Waals surface area contributed by atoms with Gasteiger partial charge in [-0.1, -0.05) is 53.7 Å². The molecular weight excluding hydrogens is 607 g/mol. The van der Waals surface area contributed by atoms with E-state index in [1.807, 2.05) is 31.0 Å². The molecule has 0 N–H and O–H groups in total. The van der Waals surface area contributed by atoms with Gasteiger partial charge in [-0.2, -0.15) is 43.1 Å². The quantitative estimate of drug-likeness (QED) is 0.238. The number of benzene rings is 3. The third-order valence-electron chi connectivity index (χ3n) is 5.55. The van der Waals surface area contributed by atoms with E-state index in [0.717, 1.165) is 32.3 Å². The van der Waals surface area contributed by atoms with E-state index in [0.29, 0.717) is 6.54 Å². The van der Waals surface area contributed by atoms with E-state index in [1.54, 1.807) is 11.8 Å². The van der Waals surface area contributed by atoms with E-state index in [9.17, 15) is 0 Å². The van der Waals surface area contributed by atoms with Crippen LogP contribution in [0, 0.1) is 18.8 Å². The summed E-state index contributed by atoms with van der Waals surface area (Å²) in [5.74, 6) is 0.950. The maximum atomic E-state index is 4.73. The summed E-state index contributed by atoms with van der Waals surface area (Å²) >= 11 is 1.67. The number of para-hydroxylation sites is 1. The second-order valence-electron chi connectivity index (χ2n) is 7.72. The Labute approximate surface area is 212 Å². The van der Waals surface area contributed by atoms with Crippen molar-refractivity contribution in [1.82, 2.24) is 9.47 Å². The first-order valence-corrected chi connectivity index (χ1v) is 11.3. The van der Waals surface area contributed by atoms with E-state index in [4.69, 9.17) is 5.32 Å². The summed E-state index contributed by atoms with van der Waals surface area (Å²) in [6.45, 7) is 2.74. The van der Waals surface area contributed by atoms with E-state index >= 15 is 0 Å². The van der Waals surface area contributed by atoms with Crippen molar-refractivity contribution < 1.29 is 21.1 Å². The van der Waals surface area contributed by atoms with Crippen LogP contribution in [0.25, 0.3) is 32.9 Å². The largest absolute Gasteiger partial charge is 4.00 e. The normalized spacial score (nSPS) is 15.1. The predicted molar refractivity (Wildman–Crippen MR) is 133 cm³/mol. The Morgan fingerprint density at radius 1 is 0.939 bits per heavy atom. The number of hydrogen-bond donors (Lipinski definition) is 0. The van der Waals surface area contributed by atoms with Crippen LogP contribution in [0.15, 0.2) is 95.0 Å². The van der Waals surface area contributed by atoms with Gasteiger partial charge in [0.25, 0.3) is 0 Å². The molecule has 0 radical (unpaired) electrons. The molecule has 0 aliphatic carbocycles. The molecule has 0 saturated carbocycles. The van der Waals surface area contributed by atoms with Gasteiger partial charge in [0.2, 0.25) is 0 Å². The number of anilines is 1. The smallest absolute Gasteiger partial charge is 0.510 e. The van der Waals surface area contributed by atoms with Gasteiger partial charge in [-0.25, -0.2) is 0 Å². The van der Waals surface area contributed by atoms with Crippen LogP contribution in [-0.4, -0.2) is 23.1 Å². The topological polar surface area (TPSA) is 25.5 Å². The summed E-state index contributed by atoms with van der Waals surface area (Å²) in [5.41, 5.74) is 3.22. The molecule has 2 aliphatic heterocycles. The molecule has 164 valence electrons. The van der Waals surface area contributed by atoms with Crippen LogP contribution in [-0.2, 0) is 21.1 Å². The second-order valence-corrected chi connectivity index (χ2v) is 8.80. The molecule has 4 aromatic rings. The number of fused-ring (bicyclic) bond motifs is 3. The Morgan fingerprint density at radius 2 is 1.82 bits per heavy atom. The van der Waals surface area contributed by atoms with Crippen LogP contribution in [0.2, 0.25) is 0 Å². The zero-order chi connectivity index (χ0) is 21.5. The van der Waals surface area contributed by atoms with E-state index in [2.05, 4.69) is 94.4 Å². The molecule has 6 heteroatoms. The van der Waals surface area contributed by atoms with Crippen LogP contribution >= 0.6 is 11.8 Å². The van der Waals surface area contributed by atoms with Crippen LogP contribution in [0.4, 0.5) is 5.69 Å². The van der Waals surface area contributed by atoms with Crippen LogP contribution in [0.5, 0.6) is 0 Å². The van der Waals surface area contributed by atoms with Gasteiger partial charge in [-0.15, -0.1) is 44.2 Å². The molecule has 0 atom stereocenters. The Kier molecular flexibility index (Phi) is 6.09. The summed E-state index contributed by atoms with van der Waals surface area (Å²) in [5, 5.41) is 7.14. The van der Waals surface area contributed by atoms with E-state index in [1.165, 1.54) is 10.8 Å². The Morgan fingerprint density at radius 3 is 2.64 bits per heavy atom. The minimum atomic E-state index is 0. The fraction of sp³-hybridized carbons (Fsp3) is 0.0741.